The van der Waals surface area contributed by atoms with Crippen LogP contribution in [0, 0.1) is 5.41 Å². The Morgan fingerprint density at radius 1 is 1.23 bits per heavy atom. The molecule has 0 N–H and O–H groups in total. The molecular formula is C18H24N2O2. The van der Waals surface area contributed by atoms with Crippen LogP contribution < -0.4 is 0 Å². The van der Waals surface area contributed by atoms with Gasteiger partial charge < -0.3 is 14.5 Å². The van der Waals surface area contributed by atoms with Gasteiger partial charge in [-0.2, -0.15) is 0 Å². The Balaban J connectivity index is 1.58. The van der Waals surface area contributed by atoms with Crippen molar-refractivity contribution in [3.05, 3.63) is 35.4 Å². The zero-order valence-electron chi connectivity index (χ0n) is 13.5. The van der Waals surface area contributed by atoms with Gasteiger partial charge in [-0.25, -0.2) is 0 Å². The first-order valence-electron chi connectivity index (χ1n) is 8.23. The summed E-state index contributed by atoms with van der Waals surface area (Å²) >= 11 is 0. The molecule has 0 saturated carbocycles. The summed E-state index contributed by atoms with van der Waals surface area (Å²) in [5, 5.41) is 0. The first kappa shape index (κ1) is 14.2. The highest BCUT2D eigenvalue weighted by molar-refractivity contribution is 5.87. The van der Waals surface area contributed by atoms with E-state index in [4.69, 9.17) is 4.74 Å². The molecule has 1 spiro atoms. The molecule has 1 amide bonds. The van der Waals surface area contributed by atoms with E-state index >= 15 is 0 Å². The van der Waals surface area contributed by atoms with Crippen molar-refractivity contribution >= 4 is 5.91 Å². The van der Waals surface area contributed by atoms with Crippen LogP contribution in [0.4, 0.5) is 0 Å². The largest absolute Gasteiger partial charge is 0.360 e. The molecule has 3 heterocycles. The maximum atomic E-state index is 13.2. The Morgan fingerprint density at radius 2 is 2.00 bits per heavy atom. The Bertz CT molecular complexity index is 609. The second-order valence-corrected chi connectivity index (χ2v) is 7.44. The van der Waals surface area contributed by atoms with Gasteiger partial charge in [0.15, 0.2) is 5.60 Å². The lowest BCUT2D eigenvalue weighted by Crippen LogP contribution is -2.56. The van der Waals surface area contributed by atoms with Crippen LogP contribution in [0.25, 0.3) is 0 Å². The topological polar surface area (TPSA) is 32.8 Å². The van der Waals surface area contributed by atoms with Gasteiger partial charge in [-0.15, -0.1) is 0 Å². The fourth-order valence-corrected chi connectivity index (χ4v) is 4.59. The summed E-state index contributed by atoms with van der Waals surface area (Å²) in [6.07, 6.45) is 2.02. The second kappa shape index (κ2) is 4.80. The smallest absolute Gasteiger partial charge is 0.259 e. The van der Waals surface area contributed by atoms with E-state index in [1.807, 2.05) is 24.0 Å². The molecule has 4 nitrogen and oxygen atoms in total. The quantitative estimate of drug-likeness (QED) is 0.790. The highest BCUT2D eigenvalue weighted by Gasteiger charge is 2.51. The van der Waals surface area contributed by atoms with Gasteiger partial charge in [-0.3, -0.25) is 4.79 Å². The zero-order chi connectivity index (χ0) is 15.4. The predicted molar refractivity (Wildman–Crippen MR) is 84.6 cm³/mol. The number of carbonyl (C=O) groups is 1. The van der Waals surface area contributed by atoms with E-state index in [0.29, 0.717) is 12.0 Å². The van der Waals surface area contributed by atoms with Gasteiger partial charge in [0.1, 0.15) is 0 Å². The SMILES string of the molecule is CN1CC2(CCN(C(=O)C3(C)OCCc4ccccc43)C2)C1. The lowest BCUT2D eigenvalue weighted by molar-refractivity contribution is -0.159. The van der Waals surface area contributed by atoms with Gasteiger partial charge in [-0.1, -0.05) is 24.3 Å². The van der Waals surface area contributed by atoms with Crippen molar-refractivity contribution < 1.29 is 9.53 Å². The van der Waals surface area contributed by atoms with Gasteiger partial charge >= 0.3 is 0 Å². The first-order valence-corrected chi connectivity index (χ1v) is 8.23. The second-order valence-electron chi connectivity index (χ2n) is 7.44. The van der Waals surface area contributed by atoms with Crippen LogP contribution in [0.15, 0.2) is 24.3 Å². The third-order valence-electron chi connectivity index (χ3n) is 5.64. The molecule has 2 fully saturated rings. The van der Waals surface area contributed by atoms with E-state index in [1.54, 1.807) is 0 Å². The van der Waals surface area contributed by atoms with Crippen molar-refractivity contribution in [2.75, 3.05) is 39.8 Å². The number of carbonyl (C=O) groups excluding carboxylic acids is 1. The number of rotatable bonds is 1. The van der Waals surface area contributed by atoms with Crippen LogP contribution in [0.2, 0.25) is 0 Å². The third-order valence-corrected chi connectivity index (χ3v) is 5.64. The Hall–Kier alpha value is -1.39. The molecule has 118 valence electrons. The molecule has 1 aromatic rings. The van der Waals surface area contributed by atoms with Crippen LogP contribution in [0.5, 0.6) is 0 Å². The zero-order valence-corrected chi connectivity index (χ0v) is 13.5. The molecule has 3 aliphatic heterocycles. The molecule has 3 aliphatic rings. The molecule has 0 aromatic heterocycles. The minimum atomic E-state index is -0.810. The number of benzene rings is 1. The molecule has 1 unspecified atom stereocenters. The fraction of sp³-hybridized carbons (Fsp3) is 0.611. The van der Waals surface area contributed by atoms with Crippen molar-refractivity contribution in [2.24, 2.45) is 5.41 Å². The average Bonchev–Trinajstić information content (AvgIpc) is 2.92. The summed E-state index contributed by atoms with van der Waals surface area (Å²) in [5.74, 6) is 0.145. The molecule has 4 heteroatoms. The minimum absolute atomic E-state index is 0.145. The summed E-state index contributed by atoms with van der Waals surface area (Å²) in [7, 11) is 2.15. The normalized spacial score (nSPS) is 30.2. The summed E-state index contributed by atoms with van der Waals surface area (Å²) in [5.41, 5.74) is 1.84. The van der Waals surface area contributed by atoms with E-state index in [-0.39, 0.29) is 5.91 Å². The van der Waals surface area contributed by atoms with Crippen LogP contribution in [-0.4, -0.2) is 55.5 Å². The van der Waals surface area contributed by atoms with Gasteiger partial charge in [0.05, 0.1) is 6.61 Å². The first-order chi connectivity index (χ1) is 10.5. The maximum absolute atomic E-state index is 13.2. The molecule has 4 rings (SSSR count). The average molecular weight is 300 g/mol. The van der Waals surface area contributed by atoms with Crippen molar-refractivity contribution in [1.82, 2.24) is 9.80 Å². The number of amides is 1. The highest BCUT2D eigenvalue weighted by Crippen LogP contribution is 2.41. The van der Waals surface area contributed by atoms with Crippen LogP contribution in [-0.2, 0) is 21.6 Å². The fourth-order valence-electron chi connectivity index (χ4n) is 4.59. The van der Waals surface area contributed by atoms with Crippen molar-refractivity contribution in [1.29, 1.82) is 0 Å². The Morgan fingerprint density at radius 3 is 2.77 bits per heavy atom. The van der Waals surface area contributed by atoms with Gasteiger partial charge in [0.25, 0.3) is 5.91 Å². The van der Waals surface area contributed by atoms with Gasteiger partial charge in [0.2, 0.25) is 0 Å². The summed E-state index contributed by atoms with van der Waals surface area (Å²) in [6, 6.07) is 8.22. The molecule has 22 heavy (non-hydrogen) atoms. The third kappa shape index (κ3) is 2.01. The number of nitrogens with zero attached hydrogens (tertiary/aromatic N) is 2. The van der Waals surface area contributed by atoms with Gasteiger partial charge in [0, 0.05) is 31.6 Å². The molecule has 0 aliphatic carbocycles. The minimum Gasteiger partial charge on any atom is -0.360 e. The number of fused-ring (bicyclic) bond motifs is 1. The lowest BCUT2D eigenvalue weighted by Gasteiger charge is -2.46. The molecule has 2 saturated heterocycles. The summed E-state index contributed by atoms with van der Waals surface area (Å²) in [4.78, 5) is 17.6. The Labute approximate surface area is 132 Å². The van der Waals surface area contributed by atoms with Crippen molar-refractivity contribution in [3.8, 4) is 0 Å². The molecule has 0 bridgehead atoms. The lowest BCUT2D eigenvalue weighted by atomic mass is 9.79. The van der Waals surface area contributed by atoms with Crippen molar-refractivity contribution in [2.45, 2.75) is 25.4 Å². The van der Waals surface area contributed by atoms with Crippen LogP contribution >= 0.6 is 0 Å². The van der Waals surface area contributed by atoms with Gasteiger partial charge in [-0.05, 0) is 37.9 Å². The van der Waals surface area contributed by atoms with Crippen LogP contribution in [0.1, 0.15) is 24.5 Å². The van der Waals surface area contributed by atoms with Crippen LogP contribution in [0.3, 0.4) is 0 Å². The molecule has 1 aromatic carbocycles. The van der Waals surface area contributed by atoms with Crippen molar-refractivity contribution in [3.63, 3.8) is 0 Å². The number of hydrogen-bond acceptors (Lipinski definition) is 3. The Kier molecular flexibility index (Phi) is 3.10. The number of ether oxygens (including phenoxy) is 1. The van der Waals surface area contributed by atoms with E-state index in [9.17, 15) is 4.79 Å². The van der Waals surface area contributed by atoms with E-state index in [1.165, 1.54) is 5.56 Å². The number of hydrogen-bond donors (Lipinski definition) is 0. The van der Waals surface area contributed by atoms with E-state index in [0.717, 1.165) is 44.6 Å². The highest BCUT2D eigenvalue weighted by atomic mass is 16.5. The standard InChI is InChI=1S/C18H24N2O2/c1-17(15-6-4-3-5-14(15)7-10-22-17)16(21)20-9-8-18(13-20)11-19(2)12-18/h3-6H,7-13H2,1-2H3. The molecular weight excluding hydrogens is 276 g/mol. The monoisotopic (exact) mass is 300 g/mol. The predicted octanol–water partition coefficient (Wildman–Crippen LogP) is 1.64. The maximum Gasteiger partial charge on any atom is 0.259 e. The molecule has 1 atom stereocenters. The molecule has 0 radical (unpaired) electrons. The van der Waals surface area contributed by atoms with E-state index in [2.05, 4.69) is 24.1 Å². The number of likely N-dealkylation sites (tertiary alicyclic amines) is 2. The summed E-state index contributed by atoms with van der Waals surface area (Å²) in [6.45, 7) is 6.56. The van der Waals surface area contributed by atoms with E-state index < -0.39 is 5.60 Å². The summed E-state index contributed by atoms with van der Waals surface area (Å²) < 4.78 is 6.01.